The summed E-state index contributed by atoms with van der Waals surface area (Å²) in [6.45, 7) is 6.58. The van der Waals surface area contributed by atoms with Crippen molar-refractivity contribution in [3.63, 3.8) is 0 Å². The van der Waals surface area contributed by atoms with Gasteiger partial charge < -0.3 is 4.74 Å². The highest BCUT2D eigenvalue weighted by Crippen LogP contribution is 2.64. The van der Waals surface area contributed by atoms with Crippen LogP contribution in [0.3, 0.4) is 0 Å². The molecule has 0 saturated carbocycles. The molecule has 2 rings (SSSR count). The van der Waals surface area contributed by atoms with Crippen LogP contribution in [0, 0.1) is 5.41 Å². The summed E-state index contributed by atoms with van der Waals surface area (Å²) in [7, 11) is -3.73. The molecule has 2 N–H and O–H groups in total. The molecule has 1 heterocycles. The molecule has 6 heteroatoms. The highest BCUT2D eigenvalue weighted by molar-refractivity contribution is 7.54. The lowest BCUT2D eigenvalue weighted by atomic mass is 9.83. The van der Waals surface area contributed by atoms with Gasteiger partial charge in [-0.1, -0.05) is 32.0 Å². The van der Waals surface area contributed by atoms with Gasteiger partial charge in [-0.25, -0.2) is 0 Å². The second-order valence-electron chi connectivity index (χ2n) is 5.21. The summed E-state index contributed by atoms with van der Waals surface area (Å²) in [6.07, 6.45) is -0.479. The van der Waals surface area contributed by atoms with Gasteiger partial charge in [0.15, 0.2) is 0 Å². The van der Waals surface area contributed by atoms with Crippen LogP contribution in [-0.2, 0) is 9.05 Å². The Morgan fingerprint density at radius 2 is 2.05 bits per heavy atom. The van der Waals surface area contributed by atoms with Gasteiger partial charge in [0.05, 0.1) is 6.61 Å². The zero-order valence-corrected chi connectivity index (χ0v) is 12.3. The fourth-order valence-electron chi connectivity index (χ4n) is 2.10. The fourth-order valence-corrected chi connectivity index (χ4v) is 3.33. The van der Waals surface area contributed by atoms with E-state index in [-0.39, 0.29) is 12.0 Å². The predicted molar refractivity (Wildman–Crippen MR) is 72.5 cm³/mol. The van der Waals surface area contributed by atoms with Crippen molar-refractivity contribution in [3.05, 3.63) is 29.8 Å². The maximum Gasteiger partial charge on any atom is 0.570 e. The van der Waals surface area contributed by atoms with E-state index in [9.17, 15) is 9.79 Å². The van der Waals surface area contributed by atoms with E-state index in [0.717, 1.165) is 5.56 Å². The Morgan fingerprint density at radius 1 is 1.37 bits per heavy atom. The summed E-state index contributed by atoms with van der Waals surface area (Å²) in [5.41, 5.74) is 0.437. The predicted octanol–water partition coefficient (Wildman–Crippen LogP) is 2.86. The lowest BCUT2D eigenvalue weighted by Crippen LogP contribution is -2.34. The van der Waals surface area contributed by atoms with Gasteiger partial charge in [-0.2, -0.15) is 14.3 Å². The first-order valence-corrected chi connectivity index (χ1v) is 7.78. The van der Waals surface area contributed by atoms with Crippen molar-refractivity contribution >= 4 is 8.17 Å². The highest BCUT2D eigenvalue weighted by atomic mass is 31.2. The van der Waals surface area contributed by atoms with Crippen molar-refractivity contribution in [1.82, 2.24) is 0 Å². The third-order valence-electron chi connectivity index (χ3n) is 3.06. The highest BCUT2D eigenvalue weighted by Gasteiger charge is 2.55. The van der Waals surface area contributed by atoms with E-state index in [4.69, 9.17) is 13.8 Å². The van der Waals surface area contributed by atoms with Crippen molar-refractivity contribution in [3.8, 4) is 5.75 Å². The summed E-state index contributed by atoms with van der Waals surface area (Å²) in [5, 5.41) is 0. The molecule has 0 amide bonds. The molecule has 1 fully saturated rings. The summed E-state index contributed by atoms with van der Waals surface area (Å²) in [4.78, 5) is 19.3. The van der Waals surface area contributed by atoms with E-state index in [1.807, 2.05) is 45.0 Å². The molecular weight excluding hydrogens is 267 g/mol. The number of benzene rings is 1. The van der Waals surface area contributed by atoms with Crippen molar-refractivity contribution in [2.75, 3.05) is 13.2 Å². The summed E-state index contributed by atoms with van der Waals surface area (Å²) in [6, 6.07) is 7.48. The zero-order valence-electron chi connectivity index (χ0n) is 11.4. The van der Waals surface area contributed by atoms with Gasteiger partial charge in [0.1, 0.15) is 18.5 Å². The minimum absolute atomic E-state index is 0.221. The number of ether oxygens (including phenoxy) is 1. The van der Waals surface area contributed by atoms with Crippen molar-refractivity contribution in [2.24, 2.45) is 5.41 Å². The van der Waals surface area contributed by atoms with Gasteiger partial charge >= 0.3 is 8.17 Å². The second-order valence-corrected chi connectivity index (χ2v) is 6.66. The number of para-hydroxylation sites is 1. The molecule has 0 spiro atoms. The smallest absolute Gasteiger partial charge is 0.493 e. The molecular formula is C13H20O5P+. The lowest BCUT2D eigenvalue weighted by Gasteiger charge is -2.36. The van der Waals surface area contributed by atoms with Crippen LogP contribution in [0.4, 0.5) is 0 Å². The Labute approximate surface area is 113 Å². The molecule has 0 radical (unpaired) electrons. The maximum atomic E-state index is 9.64. The van der Waals surface area contributed by atoms with Crippen molar-refractivity contribution < 1.29 is 23.6 Å². The summed E-state index contributed by atoms with van der Waals surface area (Å²) < 4.78 is 16.0. The van der Waals surface area contributed by atoms with E-state index in [1.54, 1.807) is 0 Å². The summed E-state index contributed by atoms with van der Waals surface area (Å²) in [5.74, 6) is 0.699. The van der Waals surface area contributed by atoms with Crippen LogP contribution in [0.5, 0.6) is 5.75 Å². The first-order valence-electron chi connectivity index (χ1n) is 6.25. The molecule has 0 aromatic heterocycles. The van der Waals surface area contributed by atoms with Crippen LogP contribution in [0.1, 0.15) is 32.4 Å². The van der Waals surface area contributed by atoms with E-state index >= 15 is 0 Å². The van der Waals surface area contributed by atoms with Crippen LogP contribution < -0.4 is 4.74 Å². The first-order chi connectivity index (χ1) is 8.86. The zero-order chi connectivity index (χ0) is 14.1. The van der Waals surface area contributed by atoms with E-state index < -0.39 is 14.3 Å². The molecule has 0 aliphatic carbocycles. The average molecular weight is 287 g/mol. The van der Waals surface area contributed by atoms with Gasteiger partial charge in [-0.3, -0.25) is 0 Å². The van der Waals surface area contributed by atoms with Crippen molar-refractivity contribution in [2.45, 2.75) is 26.9 Å². The molecule has 1 aliphatic heterocycles. The third kappa shape index (κ3) is 3.25. The van der Waals surface area contributed by atoms with Gasteiger partial charge in [-0.15, -0.1) is 4.52 Å². The lowest BCUT2D eigenvalue weighted by molar-refractivity contribution is -0.0641. The van der Waals surface area contributed by atoms with Crippen molar-refractivity contribution in [1.29, 1.82) is 0 Å². The first kappa shape index (κ1) is 14.7. The Hall–Kier alpha value is -0.710. The number of hydrogen-bond acceptors (Lipinski definition) is 5. The average Bonchev–Trinajstić information content (AvgIpc) is 2.34. The van der Waals surface area contributed by atoms with Gasteiger partial charge in [0.25, 0.3) is 0 Å². The molecule has 5 nitrogen and oxygen atoms in total. The minimum Gasteiger partial charge on any atom is -0.493 e. The molecule has 1 atom stereocenters. The van der Waals surface area contributed by atoms with Crippen LogP contribution in [-0.4, -0.2) is 23.0 Å². The Bertz CT molecular complexity index is 446. The van der Waals surface area contributed by atoms with E-state index in [1.165, 1.54) is 0 Å². The Morgan fingerprint density at radius 3 is 2.74 bits per heavy atom. The molecule has 1 saturated heterocycles. The number of hydrogen-bond donors (Lipinski definition) is 2. The second kappa shape index (κ2) is 5.35. The molecule has 1 aliphatic rings. The van der Waals surface area contributed by atoms with Crippen LogP contribution >= 0.6 is 8.17 Å². The van der Waals surface area contributed by atoms with Crippen LogP contribution in [0.2, 0.25) is 0 Å². The third-order valence-corrected chi connectivity index (χ3v) is 4.01. The largest absolute Gasteiger partial charge is 0.570 e. The molecule has 1 unspecified atom stereocenters. The van der Waals surface area contributed by atoms with Gasteiger partial charge in [0.2, 0.25) is 0 Å². The molecule has 1 aromatic rings. The molecule has 106 valence electrons. The Kier molecular flexibility index (Phi) is 4.14. The fraction of sp³-hybridized carbons (Fsp3) is 0.538. The topological polar surface area (TPSA) is 68.2 Å². The molecule has 0 bridgehead atoms. The quantitative estimate of drug-likeness (QED) is 0.837. The monoisotopic (exact) mass is 287 g/mol. The summed E-state index contributed by atoms with van der Waals surface area (Å²) >= 11 is 0. The van der Waals surface area contributed by atoms with Crippen LogP contribution in [0.25, 0.3) is 0 Å². The van der Waals surface area contributed by atoms with Gasteiger partial charge in [0, 0.05) is 11.0 Å². The maximum absolute atomic E-state index is 9.64. The normalized spacial score (nSPS) is 25.0. The Balaban J connectivity index is 2.37. The number of rotatable bonds is 3. The standard InChI is InChI=1S/C13H20O5P/c1-4-16-11-8-6-5-7-10(11)12-13(2,3)9-17-19(14,15)18-12/h5-8,12,14-15H,4,9H2,1-3H3/q+1. The molecule has 1 aromatic carbocycles. The van der Waals surface area contributed by atoms with Gasteiger partial charge in [-0.05, 0) is 13.0 Å². The van der Waals surface area contributed by atoms with Crippen LogP contribution in [0.15, 0.2) is 24.3 Å². The SMILES string of the molecule is CCOc1ccccc1C1O[P+](O)(O)OCC1(C)C. The minimum atomic E-state index is -3.73. The molecule has 19 heavy (non-hydrogen) atoms. The van der Waals surface area contributed by atoms with E-state index in [2.05, 4.69) is 0 Å². The van der Waals surface area contributed by atoms with E-state index in [0.29, 0.717) is 12.4 Å².